The van der Waals surface area contributed by atoms with Crippen molar-refractivity contribution in [3.05, 3.63) is 60.8 Å². The molecule has 316 valence electrons. The molecule has 0 spiro atoms. The molecular formula is C42H72NO11P. The van der Waals surface area contributed by atoms with Crippen molar-refractivity contribution in [2.24, 2.45) is 5.73 Å². The molecule has 0 radical (unpaired) electrons. The summed E-state index contributed by atoms with van der Waals surface area (Å²) >= 11 is 0. The molecule has 0 aliphatic carbocycles. The highest BCUT2D eigenvalue weighted by molar-refractivity contribution is 7.47. The maximum absolute atomic E-state index is 12.6. The Bertz CT molecular complexity index is 1180. The molecule has 4 atom stereocenters. The molecular weight excluding hydrogens is 725 g/mol. The van der Waals surface area contributed by atoms with E-state index in [1.165, 1.54) is 19.3 Å². The maximum Gasteiger partial charge on any atom is 0.472 e. The number of esters is 2. The first kappa shape index (κ1) is 52.1. The third-order valence-corrected chi connectivity index (χ3v) is 9.30. The summed E-state index contributed by atoms with van der Waals surface area (Å²) in [7, 11) is -4.74. The smallest absolute Gasteiger partial charge is 0.472 e. The predicted octanol–water partition coefficient (Wildman–Crippen LogP) is 9.36. The Morgan fingerprint density at radius 3 is 1.89 bits per heavy atom. The standard InChI is InChI=1S/C42H72NO11P/c1-3-5-7-9-11-12-13-14-15-16-17-18-20-24-29-33-41(46)54-38(35-52-55(49,50)53-36-39(43)42(47)48)34-51-40(45)32-28-25-21-23-27-31-37(44)30-26-22-19-10-8-6-4-2/h6,8,11-12,14-15,19,22,26,30,37-39,44H,3-5,7,9-10,13,16-18,20-21,23-25,27-29,31-36,43H2,1-2H3,(H,47,48)(H,49,50)/b8-6+,12-11-,15-14-,22-19+,30-26+/t37?,38-,39+/m1/s1. The second-order valence-corrected chi connectivity index (χ2v) is 15.0. The van der Waals surface area contributed by atoms with E-state index in [4.69, 9.17) is 24.8 Å². The Balaban J connectivity index is 4.52. The van der Waals surface area contributed by atoms with Gasteiger partial charge in [-0.25, -0.2) is 4.57 Å². The van der Waals surface area contributed by atoms with Gasteiger partial charge in [0.15, 0.2) is 6.10 Å². The van der Waals surface area contributed by atoms with E-state index in [-0.39, 0.29) is 12.8 Å². The van der Waals surface area contributed by atoms with Crippen LogP contribution >= 0.6 is 7.82 Å². The Morgan fingerprint density at radius 2 is 1.24 bits per heavy atom. The molecule has 2 unspecified atom stereocenters. The summed E-state index contributed by atoms with van der Waals surface area (Å²) in [6, 6.07) is -1.54. The van der Waals surface area contributed by atoms with Crippen LogP contribution in [0, 0.1) is 0 Å². The molecule has 0 fully saturated rings. The molecule has 0 aliphatic heterocycles. The predicted molar refractivity (Wildman–Crippen MR) is 218 cm³/mol. The van der Waals surface area contributed by atoms with Crippen LogP contribution in [0.25, 0.3) is 0 Å². The van der Waals surface area contributed by atoms with Crippen LogP contribution in [-0.4, -0.2) is 71.1 Å². The van der Waals surface area contributed by atoms with Gasteiger partial charge < -0.3 is 30.3 Å². The van der Waals surface area contributed by atoms with Crippen molar-refractivity contribution in [3.8, 4) is 0 Å². The molecule has 13 heteroatoms. The minimum atomic E-state index is -4.74. The fraction of sp³-hybridized carbons (Fsp3) is 0.690. The summed E-state index contributed by atoms with van der Waals surface area (Å²) < 4.78 is 32.6. The molecule has 12 nitrogen and oxygen atoms in total. The number of carboxylic acids is 1. The lowest BCUT2D eigenvalue weighted by Crippen LogP contribution is -2.34. The number of rotatable bonds is 37. The Kier molecular flexibility index (Phi) is 34.8. The van der Waals surface area contributed by atoms with Gasteiger partial charge in [0.05, 0.1) is 19.3 Å². The van der Waals surface area contributed by atoms with Crippen LogP contribution in [0.5, 0.6) is 0 Å². The zero-order valence-corrected chi connectivity index (χ0v) is 34.5. The van der Waals surface area contributed by atoms with E-state index in [0.717, 1.165) is 83.5 Å². The molecule has 0 saturated carbocycles. The Labute approximate surface area is 330 Å². The number of aliphatic carboxylic acids is 1. The zero-order chi connectivity index (χ0) is 40.8. The summed E-state index contributed by atoms with van der Waals surface area (Å²) in [4.78, 5) is 45.9. The van der Waals surface area contributed by atoms with E-state index in [1.54, 1.807) is 6.08 Å². The van der Waals surface area contributed by atoms with Crippen molar-refractivity contribution in [2.75, 3.05) is 19.8 Å². The fourth-order valence-electron chi connectivity index (χ4n) is 5.10. The fourth-order valence-corrected chi connectivity index (χ4v) is 5.88. The number of hydrogen-bond donors (Lipinski definition) is 4. The highest BCUT2D eigenvalue weighted by atomic mass is 31.2. The molecule has 0 heterocycles. The van der Waals surface area contributed by atoms with Gasteiger partial charge in [0.1, 0.15) is 12.6 Å². The SMILES string of the molecule is CC/C=C/C/C=C/C=C/C(O)CCCCCCCC(=O)OC[C@H](COP(=O)(O)OC[C@H](N)C(=O)O)OC(=O)CCCCCCC/C=C\C/C=C\CCCCC. The largest absolute Gasteiger partial charge is 0.480 e. The second kappa shape index (κ2) is 36.8. The van der Waals surface area contributed by atoms with Gasteiger partial charge in [-0.2, -0.15) is 0 Å². The van der Waals surface area contributed by atoms with E-state index in [9.17, 15) is 28.9 Å². The molecule has 5 N–H and O–H groups in total. The lowest BCUT2D eigenvalue weighted by Gasteiger charge is -2.20. The molecule has 0 aromatic carbocycles. The van der Waals surface area contributed by atoms with Crippen molar-refractivity contribution < 1.29 is 52.6 Å². The number of aliphatic hydroxyl groups excluding tert-OH is 1. The maximum atomic E-state index is 12.6. The second-order valence-electron chi connectivity index (χ2n) is 13.6. The summed E-state index contributed by atoms with van der Waals surface area (Å²) in [6.07, 6.45) is 37.3. The third-order valence-electron chi connectivity index (χ3n) is 8.35. The zero-order valence-electron chi connectivity index (χ0n) is 33.6. The minimum Gasteiger partial charge on any atom is -0.480 e. The van der Waals surface area contributed by atoms with Gasteiger partial charge in [-0.05, 0) is 64.2 Å². The molecule has 0 saturated heterocycles. The van der Waals surface area contributed by atoms with E-state index >= 15 is 0 Å². The first-order valence-corrected chi connectivity index (χ1v) is 21.9. The summed E-state index contributed by atoms with van der Waals surface area (Å²) in [5.74, 6) is -2.49. The van der Waals surface area contributed by atoms with Crippen molar-refractivity contribution in [1.29, 1.82) is 0 Å². The van der Waals surface area contributed by atoms with Crippen LogP contribution in [0.4, 0.5) is 0 Å². The van der Waals surface area contributed by atoms with E-state index < -0.39 is 63.8 Å². The van der Waals surface area contributed by atoms with Crippen LogP contribution in [0.2, 0.25) is 0 Å². The van der Waals surface area contributed by atoms with Gasteiger partial charge >= 0.3 is 25.7 Å². The van der Waals surface area contributed by atoms with Crippen LogP contribution in [-0.2, 0) is 37.5 Å². The topological polar surface area (TPSA) is 192 Å². The van der Waals surface area contributed by atoms with Crippen molar-refractivity contribution in [2.45, 2.75) is 167 Å². The van der Waals surface area contributed by atoms with Crippen molar-refractivity contribution in [1.82, 2.24) is 0 Å². The van der Waals surface area contributed by atoms with Gasteiger partial charge in [-0.3, -0.25) is 23.4 Å². The number of unbranched alkanes of at least 4 members (excludes halogenated alkanes) is 12. The van der Waals surface area contributed by atoms with Crippen LogP contribution < -0.4 is 5.73 Å². The van der Waals surface area contributed by atoms with Gasteiger partial charge in [-0.1, -0.05) is 132 Å². The number of aliphatic hydroxyl groups is 1. The molecule has 55 heavy (non-hydrogen) atoms. The Hall–Kier alpha value is -2.86. The highest BCUT2D eigenvalue weighted by Crippen LogP contribution is 2.43. The summed E-state index contributed by atoms with van der Waals surface area (Å²) in [5, 5.41) is 19.0. The van der Waals surface area contributed by atoms with Crippen LogP contribution in [0.15, 0.2) is 60.8 Å². The van der Waals surface area contributed by atoms with E-state index in [2.05, 4.69) is 54.8 Å². The Morgan fingerprint density at radius 1 is 0.673 bits per heavy atom. The number of hydrogen-bond acceptors (Lipinski definition) is 10. The normalized spacial score (nSPS) is 15.0. The monoisotopic (exact) mass is 797 g/mol. The van der Waals surface area contributed by atoms with Gasteiger partial charge in [0.2, 0.25) is 0 Å². The minimum absolute atomic E-state index is 0.122. The van der Waals surface area contributed by atoms with Crippen molar-refractivity contribution in [3.63, 3.8) is 0 Å². The number of nitrogens with two attached hydrogens (primary N) is 1. The van der Waals surface area contributed by atoms with Crippen molar-refractivity contribution >= 4 is 25.7 Å². The number of phosphoric ester groups is 1. The molecule has 0 aliphatic rings. The van der Waals surface area contributed by atoms with Crippen LogP contribution in [0.1, 0.15) is 149 Å². The molecule has 0 amide bonds. The first-order valence-electron chi connectivity index (χ1n) is 20.4. The number of allylic oxidation sites excluding steroid dienone is 9. The molecule has 0 rings (SSSR count). The lowest BCUT2D eigenvalue weighted by molar-refractivity contribution is -0.161. The lowest BCUT2D eigenvalue weighted by atomic mass is 10.1. The number of carbonyl (C=O) groups is 3. The summed E-state index contributed by atoms with van der Waals surface area (Å²) in [6.45, 7) is 2.51. The van der Waals surface area contributed by atoms with Gasteiger partial charge in [0, 0.05) is 12.8 Å². The van der Waals surface area contributed by atoms with Gasteiger partial charge in [0.25, 0.3) is 0 Å². The quantitative estimate of drug-likeness (QED) is 0.0153. The number of ether oxygens (including phenoxy) is 2. The van der Waals surface area contributed by atoms with E-state index in [0.29, 0.717) is 19.3 Å². The number of carboxylic acid groups (broad SMARTS) is 1. The number of phosphoric acid groups is 1. The van der Waals surface area contributed by atoms with Gasteiger partial charge in [-0.15, -0.1) is 0 Å². The summed E-state index contributed by atoms with van der Waals surface area (Å²) in [5.41, 5.74) is 5.32. The number of carbonyl (C=O) groups excluding carboxylic acids is 2. The molecule has 0 bridgehead atoms. The third kappa shape index (κ3) is 36.5. The van der Waals surface area contributed by atoms with E-state index in [1.807, 2.05) is 18.2 Å². The highest BCUT2D eigenvalue weighted by Gasteiger charge is 2.28. The average molecular weight is 798 g/mol. The molecule has 0 aromatic rings. The average Bonchev–Trinajstić information content (AvgIpc) is 3.15. The van der Waals surface area contributed by atoms with Crippen LogP contribution in [0.3, 0.4) is 0 Å². The molecule has 0 aromatic heterocycles. The first-order chi connectivity index (χ1) is 26.5.